The van der Waals surface area contributed by atoms with Crippen LogP contribution in [0.5, 0.6) is 0 Å². The number of benzene rings is 2. The van der Waals surface area contributed by atoms with Gasteiger partial charge in [-0.25, -0.2) is 4.79 Å². The van der Waals surface area contributed by atoms with Crippen LogP contribution in [-0.4, -0.2) is 25.2 Å². The standard InChI is InChI=1S/C25H26ClN5O2/c1-16-14-30(20-13-19(26)10-9-17(20)2)24-27-22-21(31(24)15-16)23(32)29(25(33)28(22)3)12-11-18-7-5-4-6-8-18/h4-10,13,16H,11-12,14-15H2,1-3H3/t16-/m0/s1. The third-order valence-corrected chi connectivity index (χ3v) is 6.61. The number of fused-ring (bicyclic) bond motifs is 3. The normalized spacial score (nSPS) is 15.8. The van der Waals surface area contributed by atoms with E-state index in [1.165, 1.54) is 9.13 Å². The first-order valence-electron chi connectivity index (χ1n) is 11.1. The fraction of sp³-hybridized carbons (Fsp3) is 0.320. The molecule has 0 N–H and O–H groups in total. The molecule has 2 aromatic carbocycles. The van der Waals surface area contributed by atoms with Gasteiger partial charge in [-0.1, -0.05) is 54.9 Å². The molecule has 1 aliphatic rings. The number of anilines is 2. The highest BCUT2D eigenvalue weighted by atomic mass is 35.5. The molecule has 33 heavy (non-hydrogen) atoms. The third kappa shape index (κ3) is 3.66. The van der Waals surface area contributed by atoms with E-state index in [9.17, 15) is 9.59 Å². The van der Waals surface area contributed by atoms with Crippen LogP contribution in [0.2, 0.25) is 5.02 Å². The van der Waals surface area contributed by atoms with Crippen molar-refractivity contribution in [3.05, 3.63) is 85.5 Å². The number of imidazole rings is 1. The highest BCUT2D eigenvalue weighted by Gasteiger charge is 2.30. The Labute approximate surface area is 196 Å². The Balaban J connectivity index is 1.67. The molecule has 0 bridgehead atoms. The average molecular weight is 464 g/mol. The molecule has 0 unspecified atom stereocenters. The van der Waals surface area contributed by atoms with Gasteiger partial charge >= 0.3 is 5.69 Å². The van der Waals surface area contributed by atoms with E-state index in [1.807, 2.05) is 60.0 Å². The lowest BCUT2D eigenvalue weighted by molar-refractivity contribution is 0.457. The summed E-state index contributed by atoms with van der Waals surface area (Å²) in [5.41, 5.74) is 3.35. The van der Waals surface area contributed by atoms with E-state index < -0.39 is 0 Å². The van der Waals surface area contributed by atoms with Crippen molar-refractivity contribution in [3.8, 4) is 0 Å². The van der Waals surface area contributed by atoms with E-state index in [0.717, 1.165) is 23.4 Å². The van der Waals surface area contributed by atoms with Gasteiger partial charge in [0, 0.05) is 37.4 Å². The van der Waals surface area contributed by atoms with E-state index in [1.54, 1.807) is 7.05 Å². The zero-order chi connectivity index (χ0) is 23.3. The molecular weight excluding hydrogens is 438 g/mol. The van der Waals surface area contributed by atoms with Gasteiger partial charge in [-0.3, -0.25) is 13.9 Å². The fourth-order valence-corrected chi connectivity index (χ4v) is 4.83. The van der Waals surface area contributed by atoms with Gasteiger partial charge in [0.2, 0.25) is 5.95 Å². The SMILES string of the molecule is Cc1ccc(Cl)cc1N1C[C@H](C)Cn2c1nc1c2c(=O)n(CCc2ccccc2)c(=O)n1C. The van der Waals surface area contributed by atoms with Crippen molar-refractivity contribution in [3.63, 3.8) is 0 Å². The molecule has 0 saturated carbocycles. The van der Waals surface area contributed by atoms with Crippen LogP contribution in [0.1, 0.15) is 18.1 Å². The Hall–Kier alpha value is -3.32. The van der Waals surface area contributed by atoms with Crippen molar-refractivity contribution in [2.24, 2.45) is 13.0 Å². The van der Waals surface area contributed by atoms with Gasteiger partial charge in [-0.15, -0.1) is 0 Å². The summed E-state index contributed by atoms with van der Waals surface area (Å²) >= 11 is 6.30. The van der Waals surface area contributed by atoms with Gasteiger partial charge in [0.1, 0.15) is 0 Å². The van der Waals surface area contributed by atoms with Gasteiger partial charge in [0.15, 0.2) is 11.2 Å². The Kier molecular flexibility index (Phi) is 5.37. The first kappa shape index (κ1) is 21.5. The Morgan fingerprint density at radius 1 is 1.09 bits per heavy atom. The Morgan fingerprint density at radius 2 is 1.85 bits per heavy atom. The highest BCUT2D eigenvalue weighted by Crippen LogP contribution is 2.35. The van der Waals surface area contributed by atoms with Gasteiger partial charge in [-0.05, 0) is 42.5 Å². The van der Waals surface area contributed by atoms with Crippen LogP contribution in [0.15, 0.2) is 58.1 Å². The molecule has 1 aliphatic heterocycles. The maximum atomic E-state index is 13.6. The van der Waals surface area contributed by atoms with Crippen LogP contribution in [0.25, 0.3) is 11.2 Å². The van der Waals surface area contributed by atoms with Gasteiger partial charge in [0.05, 0.1) is 0 Å². The molecule has 0 amide bonds. The van der Waals surface area contributed by atoms with E-state index in [2.05, 4.69) is 11.8 Å². The summed E-state index contributed by atoms with van der Waals surface area (Å²) in [5.74, 6) is 0.948. The van der Waals surface area contributed by atoms with Crippen molar-refractivity contribution in [2.75, 3.05) is 11.4 Å². The molecule has 3 heterocycles. The van der Waals surface area contributed by atoms with E-state index in [4.69, 9.17) is 16.6 Å². The summed E-state index contributed by atoms with van der Waals surface area (Å²) in [4.78, 5) is 33.6. The summed E-state index contributed by atoms with van der Waals surface area (Å²) < 4.78 is 4.78. The Morgan fingerprint density at radius 3 is 2.61 bits per heavy atom. The van der Waals surface area contributed by atoms with Crippen LogP contribution in [0, 0.1) is 12.8 Å². The molecule has 5 rings (SSSR count). The first-order valence-corrected chi connectivity index (χ1v) is 11.5. The molecule has 0 saturated heterocycles. The third-order valence-electron chi connectivity index (χ3n) is 6.37. The van der Waals surface area contributed by atoms with Crippen molar-refractivity contribution in [1.82, 2.24) is 18.7 Å². The minimum atomic E-state index is -0.350. The zero-order valence-corrected chi connectivity index (χ0v) is 19.7. The molecule has 0 radical (unpaired) electrons. The summed E-state index contributed by atoms with van der Waals surface area (Å²) in [6, 6.07) is 15.6. The maximum Gasteiger partial charge on any atom is 0.332 e. The number of hydrogen-bond donors (Lipinski definition) is 0. The lowest BCUT2D eigenvalue weighted by Crippen LogP contribution is -2.41. The number of aromatic nitrogens is 4. The smallest absolute Gasteiger partial charge is 0.311 e. The first-order chi connectivity index (χ1) is 15.8. The molecule has 0 spiro atoms. The number of halogens is 1. The van der Waals surface area contributed by atoms with E-state index >= 15 is 0 Å². The molecule has 2 aromatic heterocycles. The average Bonchev–Trinajstić information content (AvgIpc) is 3.19. The summed E-state index contributed by atoms with van der Waals surface area (Å²) in [6.07, 6.45) is 0.604. The number of rotatable bonds is 4. The van der Waals surface area contributed by atoms with Crippen LogP contribution in [0.3, 0.4) is 0 Å². The monoisotopic (exact) mass is 463 g/mol. The summed E-state index contributed by atoms with van der Waals surface area (Å²) in [7, 11) is 1.68. The molecule has 1 atom stereocenters. The number of aryl methyl sites for hydroxylation is 3. The second kappa shape index (κ2) is 8.23. The van der Waals surface area contributed by atoms with Gasteiger partial charge in [0.25, 0.3) is 5.56 Å². The summed E-state index contributed by atoms with van der Waals surface area (Å²) in [6.45, 7) is 5.91. The minimum Gasteiger partial charge on any atom is -0.311 e. The van der Waals surface area contributed by atoms with E-state index in [0.29, 0.717) is 41.6 Å². The molecular formula is C25H26ClN5O2. The quantitative estimate of drug-likeness (QED) is 0.460. The molecule has 7 nitrogen and oxygen atoms in total. The second-order valence-corrected chi connectivity index (χ2v) is 9.31. The van der Waals surface area contributed by atoms with Gasteiger partial charge < -0.3 is 9.47 Å². The number of nitrogens with zero attached hydrogens (tertiary/aromatic N) is 5. The molecule has 8 heteroatoms. The highest BCUT2D eigenvalue weighted by molar-refractivity contribution is 6.30. The van der Waals surface area contributed by atoms with Gasteiger partial charge in [-0.2, -0.15) is 4.98 Å². The summed E-state index contributed by atoms with van der Waals surface area (Å²) in [5, 5.41) is 0.646. The lowest BCUT2D eigenvalue weighted by atomic mass is 10.1. The topological polar surface area (TPSA) is 65.1 Å². The largest absolute Gasteiger partial charge is 0.332 e. The van der Waals surface area contributed by atoms with Crippen molar-refractivity contribution < 1.29 is 0 Å². The van der Waals surface area contributed by atoms with E-state index in [-0.39, 0.29) is 17.2 Å². The fourth-order valence-electron chi connectivity index (χ4n) is 4.66. The van der Waals surface area contributed by atoms with Crippen LogP contribution >= 0.6 is 11.6 Å². The predicted molar refractivity (Wildman–Crippen MR) is 132 cm³/mol. The molecule has 4 aromatic rings. The molecule has 0 fully saturated rings. The zero-order valence-electron chi connectivity index (χ0n) is 19.0. The van der Waals surface area contributed by atoms with Crippen LogP contribution in [-0.2, 0) is 26.6 Å². The van der Waals surface area contributed by atoms with Crippen molar-refractivity contribution in [1.29, 1.82) is 0 Å². The van der Waals surface area contributed by atoms with Crippen molar-refractivity contribution in [2.45, 2.75) is 33.4 Å². The van der Waals surface area contributed by atoms with Crippen molar-refractivity contribution >= 4 is 34.4 Å². The number of hydrogen-bond acceptors (Lipinski definition) is 4. The maximum absolute atomic E-state index is 13.6. The Bertz CT molecular complexity index is 1470. The molecule has 170 valence electrons. The molecule has 0 aliphatic carbocycles. The second-order valence-electron chi connectivity index (χ2n) is 8.88. The lowest BCUT2D eigenvalue weighted by Gasteiger charge is -2.33. The predicted octanol–water partition coefficient (Wildman–Crippen LogP) is 3.89. The minimum absolute atomic E-state index is 0.280. The van der Waals surface area contributed by atoms with Crippen LogP contribution < -0.4 is 16.1 Å². The van der Waals surface area contributed by atoms with Crippen LogP contribution in [0.4, 0.5) is 11.6 Å².